The first-order chi connectivity index (χ1) is 9.13. The summed E-state index contributed by atoms with van der Waals surface area (Å²) in [4.78, 5) is 1.91. The minimum Gasteiger partial charge on any atom is -0.397 e. The fourth-order valence-corrected chi connectivity index (χ4v) is 2.96. The standard InChI is InChI=1S/C15H22F2N2/c1-2-4-11-5-3-9-19(10-8-11)15-13(18)7-6-12(16)14(15)17/h6-7,11H,2-5,8-10,18H2,1H3. The lowest BCUT2D eigenvalue weighted by atomic mass is 9.96. The first-order valence-electron chi connectivity index (χ1n) is 7.12. The summed E-state index contributed by atoms with van der Waals surface area (Å²) in [5.74, 6) is -0.930. The lowest BCUT2D eigenvalue weighted by Gasteiger charge is -2.25. The number of rotatable bonds is 3. The first kappa shape index (κ1) is 14.1. The summed E-state index contributed by atoms with van der Waals surface area (Å²) < 4.78 is 27.3. The van der Waals surface area contributed by atoms with Gasteiger partial charge in [-0.15, -0.1) is 0 Å². The van der Waals surface area contributed by atoms with Gasteiger partial charge in [0.25, 0.3) is 0 Å². The Kier molecular flexibility index (Phi) is 4.61. The van der Waals surface area contributed by atoms with Gasteiger partial charge in [-0.25, -0.2) is 8.78 Å². The Labute approximate surface area is 113 Å². The smallest absolute Gasteiger partial charge is 0.184 e. The van der Waals surface area contributed by atoms with Gasteiger partial charge in [0.15, 0.2) is 11.6 Å². The van der Waals surface area contributed by atoms with Crippen LogP contribution in [0.2, 0.25) is 0 Å². The van der Waals surface area contributed by atoms with Crippen LogP contribution in [0.15, 0.2) is 12.1 Å². The van der Waals surface area contributed by atoms with E-state index >= 15 is 0 Å². The molecule has 2 rings (SSSR count). The summed E-state index contributed by atoms with van der Waals surface area (Å²) in [6.45, 7) is 3.70. The van der Waals surface area contributed by atoms with Crippen LogP contribution in [0.5, 0.6) is 0 Å². The van der Waals surface area contributed by atoms with Crippen LogP contribution in [-0.2, 0) is 0 Å². The second kappa shape index (κ2) is 6.22. The van der Waals surface area contributed by atoms with Gasteiger partial charge in [-0.1, -0.05) is 19.8 Å². The molecule has 106 valence electrons. The van der Waals surface area contributed by atoms with Crippen LogP contribution in [0, 0.1) is 17.6 Å². The molecule has 0 saturated carbocycles. The van der Waals surface area contributed by atoms with Crippen LogP contribution < -0.4 is 10.6 Å². The molecule has 0 aliphatic carbocycles. The highest BCUT2D eigenvalue weighted by Crippen LogP contribution is 2.32. The van der Waals surface area contributed by atoms with E-state index in [2.05, 4.69) is 6.92 Å². The summed E-state index contributed by atoms with van der Waals surface area (Å²) in [5.41, 5.74) is 6.39. The molecule has 0 spiro atoms. The maximum atomic E-state index is 13.9. The maximum Gasteiger partial charge on any atom is 0.184 e. The zero-order valence-electron chi connectivity index (χ0n) is 11.5. The van der Waals surface area contributed by atoms with Gasteiger partial charge in [0, 0.05) is 13.1 Å². The summed E-state index contributed by atoms with van der Waals surface area (Å²) >= 11 is 0. The van der Waals surface area contributed by atoms with Crippen molar-refractivity contribution in [2.24, 2.45) is 5.92 Å². The quantitative estimate of drug-likeness (QED) is 0.841. The van der Waals surface area contributed by atoms with Crippen LogP contribution in [0.4, 0.5) is 20.2 Å². The van der Waals surface area contributed by atoms with Gasteiger partial charge < -0.3 is 10.6 Å². The number of nitrogen functional groups attached to an aromatic ring is 1. The lowest BCUT2D eigenvalue weighted by molar-refractivity contribution is 0.435. The van der Waals surface area contributed by atoms with Gasteiger partial charge in [0.2, 0.25) is 0 Å². The van der Waals surface area contributed by atoms with Gasteiger partial charge in [-0.3, -0.25) is 0 Å². The summed E-state index contributed by atoms with van der Waals surface area (Å²) in [5, 5.41) is 0. The third kappa shape index (κ3) is 3.17. The van der Waals surface area contributed by atoms with Crippen molar-refractivity contribution in [1.29, 1.82) is 0 Å². The van der Waals surface area contributed by atoms with E-state index in [0.717, 1.165) is 32.0 Å². The number of hydrogen-bond acceptors (Lipinski definition) is 2. The Morgan fingerprint density at radius 2 is 2.05 bits per heavy atom. The van der Waals surface area contributed by atoms with Crippen molar-refractivity contribution >= 4 is 11.4 Å². The van der Waals surface area contributed by atoms with Crippen molar-refractivity contribution < 1.29 is 8.78 Å². The molecule has 1 aliphatic rings. The van der Waals surface area contributed by atoms with Crippen LogP contribution >= 0.6 is 0 Å². The maximum absolute atomic E-state index is 13.9. The second-order valence-corrected chi connectivity index (χ2v) is 5.37. The molecule has 0 bridgehead atoms. The molecule has 1 aromatic rings. The van der Waals surface area contributed by atoms with E-state index < -0.39 is 11.6 Å². The molecular weight excluding hydrogens is 246 g/mol. The van der Waals surface area contributed by atoms with Gasteiger partial charge in [-0.2, -0.15) is 0 Å². The Morgan fingerprint density at radius 1 is 1.26 bits per heavy atom. The number of hydrogen-bond donors (Lipinski definition) is 1. The summed E-state index contributed by atoms with van der Waals surface area (Å²) in [6.07, 6.45) is 5.61. The first-order valence-corrected chi connectivity index (χ1v) is 7.12. The molecule has 2 nitrogen and oxygen atoms in total. The Balaban J connectivity index is 2.16. The molecule has 0 radical (unpaired) electrons. The molecule has 1 fully saturated rings. The topological polar surface area (TPSA) is 29.3 Å². The fourth-order valence-electron chi connectivity index (χ4n) is 2.96. The van der Waals surface area contributed by atoms with Crippen molar-refractivity contribution in [3.8, 4) is 0 Å². The highest BCUT2D eigenvalue weighted by Gasteiger charge is 2.22. The Bertz CT molecular complexity index is 434. The van der Waals surface area contributed by atoms with Crippen molar-refractivity contribution in [3.63, 3.8) is 0 Å². The lowest BCUT2D eigenvalue weighted by Crippen LogP contribution is -2.26. The largest absolute Gasteiger partial charge is 0.397 e. The van der Waals surface area contributed by atoms with Crippen molar-refractivity contribution in [3.05, 3.63) is 23.8 Å². The van der Waals surface area contributed by atoms with E-state index in [0.29, 0.717) is 11.6 Å². The van der Waals surface area contributed by atoms with Crippen LogP contribution in [0.1, 0.15) is 39.0 Å². The number of benzene rings is 1. The van der Waals surface area contributed by atoms with Crippen molar-refractivity contribution in [2.75, 3.05) is 23.7 Å². The van der Waals surface area contributed by atoms with Gasteiger partial charge in [0.05, 0.1) is 11.4 Å². The van der Waals surface area contributed by atoms with E-state index in [4.69, 9.17) is 5.73 Å². The predicted octanol–water partition coefficient (Wildman–Crippen LogP) is 3.95. The number of nitrogens with zero attached hydrogens (tertiary/aromatic N) is 1. The molecular formula is C15H22F2N2. The van der Waals surface area contributed by atoms with Crippen LogP contribution in [-0.4, -0.2) is 13.1 Å². The van der Waals surface area contributed by atoms with E-state index in [1.807, 2.05) is 4.90 Å². The van der Waals surface area contributed by atoms with E-state index in [9.17, 15) is 8.78 Å². The average molecular weight is 268 g/mol. The van der Waals surface area contributed by atoms with E-state index in [1.165, 1.54) is 25.3 Å². The summed E-state index contributed by atoms with van der Waals surface area (Å²) in [7, 11) is 0. The van der Waals surface area contributed by atoms with Gasteiger partial charge in [-0.05, 0) is 37.3 Å². The third-order valence-corrected chi connectivity index (χ3v) is 3.96. The molecule has 1 atom stereocenters. The predicted molar refractivity (Wildman–Crippen MR) is 75.2 cm³/mol. The van der Waals surface area contributed by atoms with Crippen LogP contribution in [0.25, 0.3) is 0 Å². The molecule has 1 aromatic carbocycles. The molecule has 1 heterocycles. The molecule has 4 heteroatoms. The number of halogens is 2. The average Bonchev–Trinajstić information content (AvgIpc) is 2.61. The molecule has 1 saturated heterocycles. The summed E-state index contributed by atoms with van der Waals surface area (Å²) in [6, 6.07) is 2.54. The van der Waals surface area contributed by atoms with Crippen molar-refractivity contribution in [2.45, 2.75) is 39.0 Å². The Hall–Kier alpha value is -1.32. The molecule has 19 heavy (non-hydrogen) atoms. The monoisotopic (exact) mass is 268 g/mol. The van der Waals surface area contributed by atoms with E-state index in [-0.39, 0.29) is 5.69 Å². The second-order valence-electron chi connectivity index (χ2n) is 5.37. The minimum absolute atomic E-state index is 0.247. The Morgan fingerprint density at radius 3 is 2.79 bits per heavy atom. The SMILES string of the molecule is CCCC1CCCN(c2c(N)ccc(F)c2F)CC1. The normalized spacial score (nSPS) is 20.4. The molecule has 0 amide bonds. The zero-order valence-corrected chi connectivity index (χ0v) is 11.5. The highest BCUT2D eigenvalue weighted by atomic mass is 19.2. The fraction of sp³-hybridized carbons (Fsp3) is 0.600. The molecule has 1 unspecified atom stereocenters. The van der Waals surface area contributed by atoms with Gasteiger partial charge in [0.1, 0.15) is 0 Å². The minimum atomic E-state index is -0.821. The zero-order chi connectivity index (χ0) is 13.8. The number of nitrogens with two attached hydrogens (primary N) is 1. The van der Waals surface area contributed by atoms with E-state index in [1.54, 1.807) is 0 Å². The van der Waals surface area contributed by atoms with Gasteiger partial charge >= 0.3 is 0 Å². The molecule has 1 aliphatic heterocycles. The third-order valence-electron chi connectivity index (χ3n) is 3.96. The highest BCUT2D eigenvalue weighted by molar-refractivity contribution is 5.68. The molecule has 2 N–H and O–H groups in total. The molecule has 0 aromatic heterocycles. The number of anilines is 2. The van der Waals surface area contributed by atoms with Crippen LogP contribution in [0.3, 0.4) is 0 Å². The van der Waals surface area contributed by atoms with Crippen molar-refractivity contribution in [1.82, 2.24) is 0 Å².